The van der Waals surface area contributed by atoms with Crippen LogP contribution in [0.1, 0.15) is 30.1 Å². The molecule has 1 saturated heterocycles. The predicted octanol–water partition coefficient (Wildman–Crippen LogP) is 1.75. The standard InChI is InChI=1S/C14H19FN2O2/c1-2-17(10-5-7-16-8-6-10)14(19)12-4-3-11(18)9-13(12)15/h3-4,9-10,16,18H,2,5-8H2,1H3. The quantitative estimate of drug-likeness (QED) is 0.876. The van der Waals surface area contributed by atoms with Gasteiger partial charge in [-0.3, -0.25) is 4.79 Å². The molecule has 1 heterocycles. The van der Waals surface area contributed by atoms with Gasteiger partial charge in [0.25, 0.3) is 5.91 Å². The van der Waals surface area contributed by atoms with Crippen LogP contribution in [0.5, 0.6) is 5.75 Å². The second kappa shape index (κ2) is 6.02. The third-order valence-electron chi connectivity index (χ3n) is 3.53. The number of hydrogen-bond acceptors (Lipinski definition) is 3. The lowest BCUT2D eigenvalue weighted by molar-refractivity contribution is 0.0651. The van der Waals surface area contributed by atoms with Gasteiger partial charge in [-0.2, -0.15) is 0 Å². The predicted molar refractivity (Wildman–Crippen MR) is 70.7 cm³/mol. The van der Waals surface area contributed by atoms with Crippen LogP contribution in [0.4, 0.5) is 4.39 Å². The Labute approximate surface area is 112 Å². The van der Waals surface area contributed by atoms with Crippen molar-refractivity contribution >= 4 is 5.91 Å². The smallest absolute Gasteiger partial charge is 0.257 e. The molecule has 0 bridgehead atoms. The van der Waals surface area contributed by atoms with E-state index in [2.05, 4.69) is 5.32 Å². The lowest BCUT2D eigenvalue weighted by atomic mass is 10.0. The Balaban J connectivity index is 2.19. The average Bonchev–Trinajstić information content (AvgIpc) is 2.40. The van der Waals surface area contributed by atoms with Crippen LogP contribution in [0.15, 0.2) is 18.2 Å². The highest BCUT2D eigenvalue weighted by molar-refractivity contribution is 5.94. The summed E-state index contributed by atoms with van der Waals surface area (Å²) < 4.78 is 13.7. The summed E-state index contributed by atoms with van der Waals surface area (Å²) in [5.74, 6) is -1.14. The average molecular weight is 266 g/mol. The normalized spacial score (nSPS) is 16.3. The number of phenols is 1. The third-order valence-corrected chi connectivity index (χ3v) is 3.53. The van der Waals surface area contributed by atoms with E-state index < -0.39 is 5.82 Å². The molecule has 1 aromatic rings. The van der Waals surface area contributed by atoms with Crippen molar-refractivity contribution in [1.29, 1.82) is 0 Å². The van der Waals surface area contributed by atoms with Crippen molar-refractivity contribution in [2.45, 2.75) is 25.8 Å². The number of phenolic OH excluding ortho intramolecular Hbond substituents is 1. The topological polar surface area (TPSA) is 52.6 Å². The van der Waals surface area contributed by atoms with E-state index in [1.165, 1.54) is 12.1 Å². The van der Waals surface area contributed by atoms with E-state index in [0.29, 0.717) is 6.54 Å². The molecular weight excluding hydrogens is 247 g/mol. The molecule has 1 fully saturated rings. The second-order valence-corrected chi connectivity index (χ2v) is 4.74. The van der Waals surface area contributed by atoms with Gasteiger partial charge in [-0.15, -0.1) is 0 Å². The van der Waals surface area contributed by atoms with Gasteiger partial charge >= 0.3 is 0 Å². The van der Waals surface area contributed by atoms with Gasteiger partial charge in [0.15, 0.2) is 0 Å². The van der Waals surface area contributed by atoms with Gasteiger partial charge in [0.1, 0.15) is 11.6 Å². The Kier molecular flexibility index (Phi) is 4.37. The summed E-state index contributed by atoms with van der Waals surface area (Å²) in [6.07, 6.45) is 1.78. The van der Waals surface area contributed by atoms with Gasteiger partial charge < -0.3 is 15.3 Å². The molecule has 4 nitrogen and oxygen atoms in total. The molecule has 1 aliphatic heterocycles. The fourth-order valence-corrected chi connectivity index (χ4v) is 2.52. The zero-order valence-electron chi connectivity index (χ0n) is 11.0. The van der Waals surface area contributed by atoms with Crippen LogP contribution < -0.4 is 5.32 Å². The first kappa shape index (κ1) is 13.8. The molecule has 0 saturated carbocycles. The van der Waals surface area contributed by atoms with Gasteiger partial charge in [0.2, 0.25) is 0 Å². The molecule has 1 aromatic carbocycles. The molecule has 19 heavy (non-hydrogen) atoms. The minimum absolute atomic E-state index is 0.0261. The highest BCUT2D eigenvalue weighted by Gasteiger charge is 2.26. The van der Waals surface area contributed by atoms with Crippen LogP contribution in [0.3, 0.4) is 0 Å². The zero-order chi connectivity index (χ0) is 13.8. The van der Waals surface area contributed by atoms with Crippen molar-refractivity contribution in [3.8, 4) is 5.75 Å². The highest BCUT2D eigenvalue weighted by Crippen LogP contribution is 2.20. The molecule has 1 amide bonds. The van der Waals surface area contributed by atoms with Crippen LogP contribution in [0.25, 0.3) is 0 Å². The van der Waals surface area contributed by atoms with E-state index in [0.717, 1.165) is 32.0 Å². The van der Waals surface area contributed by atoms with Gasteiger partial charge in [0, 0.05) is 18.7 Å². The molecule has 1 aliphatic rings. The van der Waals surface area contributed by atoms with E-state index in [1.54, 1.807) is 4.90 Å². The van der Waals surface area contributed by atoms with E-state index >= 15 is 0 Å². The summed E-state index contributed by atoms with van der Waals surface area (Å²) in [6.45, 7) is 4.22. The molecule has 0 spiro atoms. The molecule has 0 unspecified atom stereocenters. The van der Waals surface area contributed by atoms with Crippen LogP contribution in [0, 0.1) is 5.82 Å². The lowest BCUT2D eigenvalue weighted by Crippen LogP contribution is -2.46. The van der Waals surface area contributed by atoms with Crippen molar-refractivity contribution in [1.82, 2.24) is 10.2 Å². The number of aromatic hydroxyl groups is 1. The molecule has 5 heteroatoms. The molecule has 2 rings (SSSR count). The van der Waals surface area contributed by atoms with Crippen LogP contribution in [0.2, 0.25) is 0 Å². The Hall–Kier alpha value is -1.62. The largest absolute Gasteiger partial charge is 0.508 e. The molecule has 0 atom stereocenters. The number of hydrogen-bond donors (Lipinski definition) is 2. The molecule has 0 aromatic heterocycles. The monoisotopic (exact) mass is 266 g/mol. The van der Waals surface area contributed by atoms with Crippen molar-refractivity contribution in [3.05, 3.63) is 29.6 Å². The van der Waals surface area contributed by atoms with E-state index in [1.807, 2.05) is 6.92 Å². The van der Waals surface area contributed by atoms with Crippen LogP contribution in [-0.4, -0.2) is 41.6 Å². The lowest BCUT2D eigenvalue weighted by Gasteiger charge is -2.34. The summed E-state index contributed by atoms with van der Waals surface area (Å²) in [7, 11) is 0. The number of nitrogens with zero attached hydrogens (tertiary/aromatic N) is 1. The Morgan fingerprint density at radius 3 is 2.74 bits per heavy atom. The number of piperidine rings is 1. The number of amides is 1. The number of nitrogens with one attached hydrogen (secondary N) is 1. The van der Waals surface area contributed by atoms with Crippen LogP contribution in [-0.2, 0) is 0 Å². The minimum Gasteiger partial charge on any atom is -0.508 e. The summed E-state index contributed by atoms with van der Waals surface area (Å²) in [5, 5.41) is 12.4. The maximum Gasteiger partial charge on any atom is 0.257 e. The molecule has 2 N–H and O–H groups in total. The SMILES string of the molecule is CCN(C(=O)c1ccc(O)cc1F)C1CCNCC1. The maximum absolute atomic E-state index is 13.7. The number of carbonyl (C=O) groups excluding carboxylic acids is 1. The van der Waals surface area contributed by atoms with Crippen molar-refractivity contribution < 1.29 is 14.3 Å². The van der Waals surface area contributed by atoms with Crippen molar-refractivity contribution in [3.63, 3.8) is 0 Å². The van der Waals surface area contributed by atoms with Gasteiger partial charge in [0.05, 0.1) is 5.56 Å². The Morgan fingerprint density at radius 2 is 2.16 bits per heavy atom. The first-order chi connectivity index (χ1) is 9.13. The van der Waals surface area contributed by atoms with E-state index in [4.69, 9.17) is 0 Å². The minimum atomic E-state index is -0.669. The third kappa shape index (κ3) is 3.04. The van der Waals surface area contributed by atoms with Crippen LogP contribution >= 0.6 is 0 Å². The van der Waals surface area contributed by atoms with Gasteiger partial charge in [-0.1, -0.05) is 0 Å². The molecule has 0 aliphatic carbocycles. The second-order valence-electron chi connectivity index (χ2n) is 4.74. The molecule has 104 valence electrons. The number of halogens is 1. The number of carbonyl (C=O) groups is 1. The van der Waals surface area contributed by atoms with Gasteiger partial charge in [-0.05, 0) is 45.0 Å². The van der Waals surface area contributed by atoms with E-state index in [9.17, 15) is 14.3 Å². The number of benzene rings is 1. The fraction of sp³-hybridized carbons (Fsp3) is 0.500. The molecule has 0 radical (unpaired) electrons. The van der Waals surface area contributed by atoms with Crippen molar-refractivity contribution in [2.75, 3.05) is 19.6 Å². The Morgan fingerprint density at radius 1 is 1.47 bits per heavy atom. The summed E-state index contributed by atoms with van der Waals surface area (Å²) >= 11 is 0. The fourth-order valence-electron chi connectivity index (χ4n) is 2.52. The van der Waals surface area contributed by atoms with Gasteiger partial charge in [-0.25, -0.2) is 4.39 Å². The summed E-state index contributed by atoms with van der Waals surface area (Å²) in [4.78, 5) is 14.1. The van der Waals surface area contributed by atoms with Crippen molar-refractivity contribution in [2.24, 2.45) is 0 Å². The van der Waals surface area contributed by atoms with E-state index in [-0.39, 0.29) is 23.3 Å². The zero-order valence-corrected chi connectivity index (χ0v) is 11.0. The Bertz CT molecular complexity index is 459. The maximum atomic E-state index is 13.7. The number of rotatable bonds is 3. The summed E-state index contributed by atoms with van der Waals surface area (Å²) in [6, 6.07) is 3.82. The highest BCUT2D eigenvalue weighted by atomic mass is 19.1. The first-order valence-corrected chi connectivity index (χ1v) is 6.63. The summed E-state index contributed by atoms with van der Waals surface area (Å²) in [5.41, 5.74) is 0.0261. The first-order valence-electron chi connectivity index (χ1n) is 6.63. The molecular formula is C14H19FN2O2.